The van der Waals surface area contributed by atoms with E-state index in [4.69, 9.17) is 11.8 Å². The van der Waals surface area contributed by atoms with E-state index in [1.54, 1.807) is 0 Å². The van der Waals surface area contributed by atoms with Gasteiger partial charge in [0.25, 0.3) is 0 Å². The molecule has 5 nitrogen and oxygen atoms in total. The number of hydrogen-bond donors (Lipinski definition) is 1. The van der Waals surface area contributed by atoms with Gasteiger partial charge in [-0.05, 0) is 68.6 Å². The molecule has 0 unspecified atom stereocenters. The average molecular weight is 477 g/mol. The molecule has 5 heteroatoms. The second kappa shape index (κ2) is 8.56. The van der Waals surface area contributed by atoms with Crippen LogP contribution in [0.25, 0.3) is 4.85 Å². The van der Waals surface area contributed by atoms with Crippen molar-refractivity contribution in [1.29, 1.82) is 5.26 Å². The minimum atomic E-state index is -0.689. The van der Waals surface area contributed by atoms with Crippen molar-refractivity contribution in [2.24, 2.45) is 33.5 Å². The van der Waals surface area contributed by atoms with Crippen LogP contribution in [0.4, 0.5) is 0 Å². The number of ketones is 2. The van der Waals surface area contributed by atoms with Gasteiger partial charge in [-0.2, -0.15) is 5.26 Å². The molecule has 0 amide bonds. The number of allylic oxidation sites excluding steroid dienone is 6. The number of fused-ring (bicyclic) bond motifs is 2. The summed E-state index contributed by atoms with van der Waals surface area (Å²) in [6, 6.07) is 2.07. The van der Waals surface area contributed by atoms with Gasteiger partial charge in [-0.1, -0.05) is 65.3 Å². The van der Waals surface area contributed by atoms with Gasteiger partial charge in [0.15, 0.2) is 11.6 Å². The maximum atomic E-state index is 12.3. The Kier molecular flexibility index (Phi) is 6.63. The SMILES string of the molecule is CC1=CC[C@@H]2C(C)(C)C(=O)C(C#N)=C[C@@]2(C)C1.[C-]#[N+]C1=C[C@@]2(C)C[C@@](C)(O)CC[C@@H]2C(C)(C)C1=O. The second-order valence-corrected chi connectivity index (χ2v) is 13.2. The third kappa shape index (κ3) is 4.56. The second-order valence-electron chi connectivity index (χ2n) is 13.2. The monoisotopic (exact) mass is 476 g/mol. The van der Waals surface area contributed by atoms with Crippen LogP contribution in [-0.2, 0) is 9.59 Å². The molecule has 4 aliphatic carbocycles. The molecule has 0 bridgehead atoms. The van der Waals surface area contributed by atoms with Crippen LogP contribution in [0.15, 0.2) is 35.1 Å². The highest BCUT2D eigenvalue weighted by molar-refractivity contribution is 6.04. The highest BCUT2D eigenvalue weighted by Gasteiger charge is 2.55. The lowest BCUT2D eigenvalue weighted by atomic mass is 9.51. The Morgan fingerprint density at radius 1 is 1.00 bits per heavy atom. The molecule has 0 heterocycles. The maximum absolute atomic E-state index is 12.3. The van der Waals surface area contributed by atoms with Gasteiger partial charge in [-0.3, -0.25) is 4.79 Å². The summed E-state index contributed by atoms with van der Waals surface area (Å²) >= 11 is 0. The van der Waals surface area contributed by atoms with E-state index in [0.29, 0.717) is 17.9 Å². The van der Waals surface area contributed by atoms with Crippen molar-refractivity contribution in [3.05, 3.63) is 46.5 Å². The molecule has 35 heavy (non-hydrogen) atoms. The lowest BCUT2D eigenvalue weighted by Crippen LogP contribution is -2.52. The number of rotatable bonds is 0. The molecule has 1 N–H and O–H groups in total. The van der Waals surface area contributed by atoms with E-state index in [-0.39, 0.29) is 34.0 Å². The van der Waals surface area contributed by atoms with Crippen LogP contribution in [0.2, 0.25) is 0 Å². The molecule has 0 saturated heterocycles. The molecule has 5 atom stereocenters. The summed E-state index contributed by atoms with van der Waals surface area (Å²) in [4.78, 5) is 27.9. The van der Waals surface area contributed by atoms with Crippen molar-refractivity contribution in [3.63, 3.8) is 0 Å². The maximum Gasteiger partial charge on any atom is 0.226 e. The standard InChI is InChI=1S/C15H21NO2.C15H19NO/c1-13(2)11-6-7-15(4,18)9-14(11,3)8-10(16-5)12(13)17;1-10-5-6-12-14(2,3)13(17)11(9-16)8-15(12,4)7-10/h8,11,18H,6-7,9H2,1-4H3;5,8,12H,6-7H2,1-4H3/t11-,14+,15+;12-,15-/m11/s1. The number of nitriles is 1. The lowest BCUT2D eigenvalue weighted by molar-refractivity contribution is -0.136. The fourth-order valence-electron chi connectivity index (χ4n) is 7.74. The Morgan fingerprint density at radius 3 is 2.17 bits per heavy atom. The normalized spacial score (nSPS) is 39.2. The summed E-state index contributed by atoms with van der Waals surface area (Å²) in [5, 5.41) is 19.4. The number of carbonyl (C=O) groups excluding carboxylic acids is 2. The van der Waals surface area contributed by atoms with Gasteiger partial charge in [0.2, 0.25) is 5.70 Å². The third-order valence-corrected chi connectivity index (χ3v) is 9.26. The molecule has 1 fully saturated rings. The van der Waals surface area contributed by atoms with Crippen molar-refractivity contribution in [2.75, 3.05) is 0 Å². The fourth-order valence-corrected chi connectivity index (χ4v) is 7.74. The summed E-state index contributed by atoms with van der Waals surface area (Å²) in [6.45, 7) is 23.3. The Labute approximate surface area is 210 Å². The van der Waals surface area contributed by atoms with Crippen molar-refractivity contribution in [2.45, 2.75) is 93.1 Å². The predicted octanol–water partition coefficient (Wildman–Crippen LogP) is 6.36. The Bertz CT molecular complexity index is 1120. The zero-order valence-corrected chi connectivity index (χ0v) is 22.6. The summed E-state index contributed by atoms with van der Waals surface area (Å²) in [6.07, 6.45) is 10.1. The first-order valence-electron chi connectivity index (χ1n) is 12.6. The number of carbonyl (C=O) groups is 2. The molecular weight excluding hydrogens is 436 g/mol. The molecule has 1 saturated carbocycles. The van der Waals surface area contributed by atoms with Crippen LogP contribution < -0.4 is 0 Å². The molecule has 0 radical (unpaired) electrons. The molecular formula is C30H40N2O3. The van der Waals surface area contributed by atoms with E-state index >= 15 is 0 Å². The fraction of sp³-hybridized carbons (Fsp3) is 0.667. The van der Waals surface area contributed by atoms with E-state index in [1.165, 1.54) is 5.57 Å². The largest absolute Gasteiger partial charge is 0.390 e. The van der Waals surface area contributed by atoms with Crippen molar-refractivity contribution in [1.82, 2.24) is 0 Å². The van der Waals surface area contributed by atoms with Gasteiger partial charge >= 0.3 is 0 Å². The predicted molar refractivity (Wildman–Crippen MR) is 137 cm³/mol. The molecule has 0 spiro atoms. The van der Waals surface area contributed by atoms with Crippen molar-refractivity contribution >= 4 is 11.6 Å². The summed E-state index contributed by atoms with van der Waals surface area (Å²) in [5.74, 6) is 0.489. The average Bonchev–Trinajstić information content (AvgIpc) is 2.72. The molecule has 188 valence electrons. The minimum absolute atomic E-state index is 0.00966. The molecule has 4 aliphatic rings. The third-order valence-electron chi connectivity index (χ3n) is 9.26. The van der Waals surface area contributed by atoms with Gasteiger partial charge in [0, 0.05) is 10.8 Å². The van der Waals surface area contributed by atoms with Crippen LogP contribution in [0.3, 0.4) is 0 Å². The van der Waals surface area contributed by atoms with Gasteiger partial charge in [0.1, 0.15) is 6.07 Å². The van der Waals surface area contributed by atoms with E-state index in [9.17, 15) is 14.7 Å². The Morgan fingerprint density at radius 2 is 1.60 bits per heavy atom. The number of nitrogens with zero attached hydrogens (tertiary/aromatic N) is 2. The van der Waals surface area contributed by atoms with Gasteiger partial charge in [-0.15, -0.1) is 0 Å². The molecule has 0 aromatic heterocycles. The smallest absolute Gasteiger partial charge is 0.226 e. The van der Waals surface area contributed by atoms with Gasteiger partial charge in [-0.25, -0.2) is 4.85 Å². The number of Topliss-reactive ketones (excluding diaryl/α,β-unsaturated/α-hetero) is 2. The first kappa shape index (κ1) is 27.1. The first-order chi connectivity index (χ1) is 15.9. The molecule has 4 rings (SSSR count). The number of aliphatic hydroxyl groups is 1. The number of hydrogen-bond acceptors (Lipinski definition) is 4. The Hall–Kier alpha value is -2.50. The zero-order chi connectivity index (χ0) is 26.6. The van der Waals surface area contributed by atoms with E-state index in [0.717, 1.165) is 25.7 Å². The molecule has 0 aromatic carbocycles. The van der Waals surface area contributed by atoms with Crippen LogP contribution in [0, 0.1) is 51.4 Å². The molecule has 0 aliphatic heterocycles. The van der Waals surface area contributed by atoms with Crippen LogP contribution in [-0.4, -0.2) is 22.3 Å². The summed E-state index contributed by atoms with van der Waals surface area (Å²) < 4.78 is 0. The molecule has 0 aromatic rings. The van der Waals surface area contributed by atoms with Crippen LogP contribution in [0.1, 0.15) is 87.5 Å². The highest BCUT2D eigenvalue weighted by Crippen LogP contribution is 2.57. The van der Waals surface area contributed by atoms with Gasteiger partial charge in [0.05, 0.1) is 17.7 Å². The van der Waals surface area contributed by atoms with E-state index < -0.39 is 16.4 Å². The van der Waals surface area contributed by atoms with E-state index in [2.05, 4.69) is 37.8 Å². The van der Waals surface area contributed by atoms with E-state index in [1.807, 2.05) is 46.8 Å². The quantitative estimate of drug-likeness (QED) is 0.325. The highest BCUT2D eigenvalue weighted by atomic mass is 16.3. The zero-order valence-electron chi connectivity index (χ0n) is 22.6. The van der Waals surface area contributed by atoms with Crippen LogP contribution in [0.5, 0.6) is 0 Å². The summed E-state index contributed by atoms with van der Waals surface area (Å²) in [5.41, 5.74) is 0.0551. The lowest BCUT2D eigenvalue weighted by Gasteiger charge is -2.54. The van der Waals surface area contributed by atoms with Crippen molar-refractivity contribution < 1.29 is 14.7 Å². The Balaban J connectivity index is 0.000000196. The topological polar surface area (TPSA) is 82.5 Å². The first-order valence-corrected chi connectivity index (χ1v) is 12.6. The van der Waals surface area contributed by atoms with Crippen molar-refractivity contribution in [3.8, 4) is 6.07 Å². The van der Waals surface area contributed by atoms with Gasteiger partial charge < -0.3 is 9.90 Å². The van der Waals surface area contributed by atoms with Crippen LogP contribution >= 0.6 is 0 Å². The summed E-state index contributed by atoms with van der Waals surface area (Å²) in [7, 11) is 0. The minimum Gasteiger partial charge on any atom is -0.390 e.